The molecular formula is C44H59B2NO7S5. The Morgan fingerprint density at radius 2 is 0.966 bits per heavy atom. The second kappa shape index (κ2) is 27.0. The Balaban J connectivity index is -0.000000788. The summed E-state index contributed by atoms with van der Waals surface area (Å²) in [6, 6.07) is 24.1. The molecule has 0 aliphatic rings. The molecule has 5 aromatic carbocycles. The highest BCUT2D eigenvalue weighted by Gasteiger charge is 2.20. The van der Waals surface area contributed by atoms with E-state index in [-0.39, 0.29) is 26.4 Å². The monoisotopic (exact) mass is 897 g/mol. The average molecular weight is 898 g/mol. The Kier molecular flexibility index (Phi) is 25.2. The number of ether oxygens (including phenoxy) is 1. The van der Waals surface area contributed by atoms with Gasteiger partial charge in [0.25, 0.3) is 0 Å². The maximum absolute atomic E-state index is 12.5. The van der Waals surface area contributed by atoms with E-state index in [1.54, 1.807) is 93.8 Å². The van der Waals surface area contributed by atoms with Gasteiger partial charge in [-0.1, -0.05) is 64.1 Å². The van der Waals surface area contributed by atoms with Crippen LogP contribution in [0.25, 0.3) is 0 Å². The maximum Gasteiger partial charge on any atom is 0.234 e. The summed E-state index contributed by atoms with van der Waals surface area (Å²) in [5.41, 5.74) is 7.73. The van der Waals surface area contributed by atoms with Crippen LogP contribution in [0, 0.1) is 55.4 Å². The van der Waals surface area contributed by atoms with Crippen molar-refractivity contribution in [1.82, 2.24) is 0 Å². The van der Waals surface area contributed by atoms with Crippen molar-refractivity contribution in [3.63, 3.8) is 0 Å². The van der Waals surface area contributed by atoms with Crippen molar-refractivity contribution in [3.8, 4) is 17.2 Å². The minimum absolute atomic E-state index is 0. The Hall–Kier alpha value is -3.97. The third kappa shape index (κ3) is 17.7. The van der Waals surface area contributed by atoms with E-state index in [1.165, 1.54) is 0 Å². The summed E-state index contributed by atoms with van der Waals surface area (Å²) in [7, 11) is 4.45. The van der Waals surface area contributed by atoms with Gasteiger partial charge in [0.2, 0.25) is 17.7 Å². The molecule has 8 nitrogen and oxygen atoms in total. The van der Waals surface area contributed by atoms with Gasteiger partial charge in [0.05, 0.1) is 27.7 Å². The van der Waals surface area contributed by atoms with E-state index in [2.05, 4.69) is 37.8 Å². The number of aliphatic imine (C=N–C) groups is 1. The fourth-order valence-corrected chi connectivity index (χ4v) is 10.9. The Morgan fingerprint density at radius 1 is 0.610 bits per heavy atom. The lowest BCUT2D eigenvalue weighted by Crippen LogP contribution is -1.97. The van der Waals surface area contributed by atoms with Crippen molar-refractivity contribution >= 4 is 77.9 Å². The second-order valence-electron chi connectivity index (χ2n) is 12.3. The second-order valence-corrected chi connectivity index (χ2v) is 20.1. The summed E-state index contributed by atoms with van der Waals surface area (Å²) in [6.45, 7) is 18.8. The van der Waals surface area contributed by atoms with Gasteiger partial charge in [0, 0.05) is 49.8 Å². The van der Waals surface area contributed by atoms with Crippen molar-refractivity contribution in [2.75, 3.05) is 7.11 Å². The lowest BCUT2D eigenvalue weighted by Gasteiger charge is -2.11. The standard InChI is InChI=1S/C16H18O3S2.C15H16O3S2.C9H9NOS.C2H6.2CH4.B2.H2/c1-11-5-7-14(8-6-11)21(17,18)20-16-10-12(2)15(19-4)9-13(16)3;1-10-4-6-13(7-5-10)20(17,18)19-15-9-11(2)14(16)8-12(15)3;1-6-4-9(11)7(2)3-8(6)10-5-12;1-2;;;1-2;/h5-10H,1-4H3;4-9,16H,1-3H3;3-4,11H,1-2H3;1-2H3;2*1H4;;1H/i;;;;;;;1+1D. The molecule has 4 radical (unpaired) electrons. The van der Waals surface area contributed by atoms with E-state index in [1.807, 2.05) is 67.5 Å². The Morgan fingerprint density at radius 3 is 1.36 bits per heavy atom. The third-order valence-electron chi connectivity index (χ3n) is 7.88. The number of phenolic OH excluding ortho intramolecular Hbond substituents is 2. The smallest absolute Gasteiger partial charge is 0.234 e. The molecule has 15 heteroatoms. The summed E-state index contributed by atoms with van der Waals surface area (Å²) in [5.74, 6) is 1.24. The molecule has 0 saturated carbocycles. The van der Waals surface area contributed by atoms with Crippen LogP contribution in [0.5, 0.6) is 17.2 Å². The predicted octanol–water partition coefficient (Wildman–Crippen LogP) is 12.4. The molecule has 0 aromatic heterocycles. The number of benzene rings is 5. The summed E-state index contributed by atoms with van der Waals surface area (Å²) >= 11 is 4.49. The highest BCUT2D eigenvalue weighted by molar-refractivity contribution is 8.72. The molecule has 0 amide bonds. The number of nitrogens with zero attached hydrogens (tertiary/aromatic N) is 1. The zero-order valence-electron chi connectivity index (χ0n) is 36.2. The molecule has 318 valence electrons. The van der Waals surface area contributed by atoms with Crippen molar-refractivity contribution < 1.29 is 34.8 Å². The Labute approximate surface area is 372 Å². The maximum atomic E-state index is 12.5. The summed E-state index contributed by atoms with van der Waals surface area (Å²) in [5, 5.41) is 21.2. The van der Waals surface area contributed by atoms with Crippen molar-refractivity contribution in [2.45, 2.75) is 104 Å². The molecular weight excluding hydrogens is 836 g/mol. The van der Waals surface area contributed by atoms with Gasteiger partial charge in [0.1, 0.15) is 17.2 Å². The topological polar surface area (TPSA) is 130 Å². The first-order chi connectivity index (χ1) is 27.8. The number of methoxy groups -OCH3 is 1. The van der Waals surface area contributed by atoms with Crippen LogP contribution in [0.3, 0.4) is 0 Å². The molecule has 0 unspecified atom stereocenters. The van der Waals surface area contributed by atoms with Crippen LogP contribution in [-0.2, 0) is 17.7 Å². The van der Waals surface area contributed by atoms with Gasteiger partial charge in [-0.25, -0.2) is 16.8 Å². The largest absolute Gasteiger partial charge is 0.508 e. The van der Waals surface area contributed by atoms with Gasteiger partial charge in [-0.3, -0.25) is 0 Å². The van der Waals surface area contributed by atoms with Gasteiger partial charge in [-0.05, 0) is 162 Å². The number of rotatable bonds is 8. The van der Waals surface area contributed by atoms with E-state index in [9.17, 15) is 27.0 Å². The predicted molar refractivity (Wildman–Crippen MR) is 259 cm³/mol. The fourth-order valence-electron chi connectivity index (χ4n) is 4.63. The number of hydrogen-bond donors (Lipinski definition) is 2. The van der Waals surface area contributed by atoms with E-state index < -0.39 is 17.7 Å². The fraction of sp³-hybridized carbons (Fsp3) is 0.295. The highest BCUT2D eigenvalue weighted by Crippen LogP contribution is 2.37. The normalized spacial score (nSPS) is 10.2. The molecule has 0 fully saturated rings. The number of isothiocyanates is 1. The summed E-state index contributed by atoms with van der Waals surface area (Å²) in [4.78, 5) is 5.85. The van der Waals surface area contributed by atoms with Crippen LogP contribution in [0.2, 0.25) is 0 Å². The summed E-state index contributed by atoms with van der Waals surface area (Å²) < 4.78 is 64.9. The van der Waals surface area contributed by atoms with Crippen LogP contribution >= 0.6 is 33.8 Å². The van der Waals surface area contributed by atoms with E-state index in [0.717, 1.165) is 76.9 Å². The molecule has 0 atom stereocenters. The number of hydrogen-bond acceptors (Lipinski definition) is 11. The van der Waals surface area contributed by atoms with Crippen LogP contribution in [0.1, 0.15) is 76.2 Å². The SMILES string of the molecule is C.C.CC.COc1cc(C)c(SS(=O)(=O)c2ccc(C)cc2)cc1C.Cc1cc(N=C=S)c(C)cc1O.Cc1ccc(S(=O)(=O)Sc2cc(C)c(O)cc2C)cc1.[2H][2H].[B][B]. The van der Waals surface area contributed by atoms with Crippen molar-refractivity contribution in [2.24, 2.45) is 4.99 Å². The first kappa shape index (κ1) is 55.0. The molecule has 0 saturated heterocycles. The molecule has 0 aliphatic heterocycles. The molecule has 0 aliphatic carbocycles. The number of aryl methyl sites for hydroxylation is 8. The first-order valence-electron chi connectivity index (χ1n) is 18.5. The molecule has 2 N–H and O–H groups in total. The van der Waals surface area contributed by atoms with Crippen LogP contribution < -0.4 is 4.74 Å². The van der Waals surface area contributed by atoms with E-state index >= 15 is 0 Å². The lowest BCUT2D eigenvalue weighted by atomic mass is 9.81. The van der Waals surface area contributed by atoms with Crippen molar-refractivity contribution in [3.05, 3.63) is 129 Å². The average Bonchev–Trinajstić information content (AvgIpc) is 3.20. The zero-order valence-corrected chi connectivity index (χ0v) is 38.2. The van der Waals surface area contributed by atoms with Crippen molar-refractivity contribution in [1.29, 1.82) is 0 Å². The van der Waals surface area contributed by atoms with Crippen LogP contribution in [-0.4, -0.2) is 54.8 Å². The van der Waals surface area contributed by atoms with Gasteiger partial charge < -0.3 is 14.9 Å². The lowest BCUT2D eigenvalue weighted by molar-refractivity contribution is 0.411. The van der Waals surface area contributed by atoms with Gasteiger partial charge in [-0.2, -0.15) is 4.99 Å². The number of aromatic hydroxyl groups is 2. The molecule has 0 heterocycles. The van der Waals surface area contributed by atoms with Gasteiger partial charge >= 0.3 is 0 Å². The minimum atomic E-state index is -3.45. The quantitative estimate of drug-likeness (QED) is 0.0672. The Bertz CT molecular complexity index is 2380. The first-order valence-corrected chi connectivity index (χ1v) is 23.5. The molecule has 5 aromatic rings. The molecule has 59 heavy (non-hydrogen) atoms. The van der Waals surface area contributed by atoms with Gasteiger partial charge in [0.15, 0.2) is 0 Å². The number of thiocarbonyl (C=S) groups is 1. The number of phenols is 2. The zero-order chi connectivity index (χ0) is 45.7. The van der Waals surface area contributed by atoms with Gasteiger partial charge in [-0.15, -0.1) is 0 Å². The molecule has 5 rings (SSSR count). The summed E-state index contributed by atoms with van der Waals surface area (Å²) in [6.07, 6.45) is 0. The van der Waals surface area contributed by atoms with E-state index in [0.29, 0.717) is 20.2 Å². The van der Waals surface area contributed by atoms with E-state index in [4.69, 9.17) is 7.71 Å². The third-order valence-corrected chi connectivity index (χ3v) is 14.9. The molecule has 0 spiro atoms. The van der Waals surface area contributed by atoms with Crippen LogP contribution in [0.4, 0.5) is 5.69 Å². The van der Waals surface area contributed by atoms with Crippen LogP contribution in [0.15, 0.2) is 110 Å². The highest BCUT2D eigenvalue weighted by atomic mass is 33.1. The molecule has 0 bridgehead atoms. The minimum Gasteiger partial charge on any atom is -0.508 e.